The van der Waals surface area contributed by atoms with Crippen LogP contribution in [0.25, 0.3) is 11.0 Å². The highest BCUT2D eigenvalue weighted by atomic mass is 16.3. The van der Waals surface area contributed by atoms with Crippen molar-refractivity contribution < 1.29 is 13.6 Å². The topological polar surface area (TPSA) is 49.8 Å². The van der Waals surface area contributed by atoms with Crippen molar-refractivity contribution in [3.63, 3.8) is 0 Å². The fourth-order valence-electron chi connectivity index (χ4n) is 3.54. The van der Waals surface area contributed by atoms with Crippen LogP contribution in [0, 0.1) is 6.92 Å². The molecule has 0 N–H and O–H groups in total. The van der Waals surface area contributed by atoms with Crippen molar-refractivity contribution in [2.24, 2.45) is 0 Å². The summed E-state index contributed by atoms with van der Waals surface area (Å²) in [6, 6.07) is 18.1. The third-order valence-corrected chi connectivity index (χ3v) is 5.26. The molecule has 5 heteroatoms. The molecule has 4 aromatic rings. The van der Waals surface area contributed by atoms with Crippen LogP contribution in [0.5, 0.6) is 0 Å². The molecule has 0 aliphatic carbocycles. The molecule has 1 amide bonds. The fraction of sp³-hybridized carbons (Fsp3) is 0.240. The second-order valence-corrected chi connectivity index (χ2v) is 7.83. The summed E-state index contributed by atoms with van der Waals surface area (Å²) in [6.07, 6.45) is 3.61. The van der Waals surface area contributed by atoms with Crippen LogP contribution in [0.3, 0.4) is 0 Å². The lowest BCUT2D eigenvalue weighted by molar-refractivity contribution is -0.132. The Morgan fingerprint density at radius 1 is 0.967 bits per heavy atom. The standard InChI is InChI=1S/C25H26N2O3/c1-18-6-11-23-20(17-30-24(23)13-18)14-25(28)27(16-22-5-4-12-29-22)15-19-7-9-21(10-8-19)26(2)3/h4-13,17H,14-16H2,1-3H3. The summed E-state index contributed by atoms with van der Waals surface area (Å²) in [4.78, 5) is 17.1. The number of aryl methyl sites for hydroxylation is 1. The summed E-state index contributed by atoms with van der Waals surface area (Å²) in [5.41, 5.74) is 5.06. The van der Waals surface area contributed by atoms with E-state index >= 15 is 0 Å². The molecule has 0 bridgehead atoms. The SMILES string of the molecule is Cc1ccc2c(CC(=O)N(Cc3ccc(N(C)C)cc3)Cc3ccco3)coc2c1. The smallest absolute Gasteiger partial charge is 0.227 e. The first-order chi connectivity index (χ1) is 14.5. The van der Waals surface area contributed by atoms with E-state index < -0.39 is 0 Å². The quantitative estimate of drug-likeness (QED) is 0.428. The van der Waals surface area contributed by atoms with Gasteiger partial charge in [0.1, 0.15) is 11.3 Å². The number of fused-ring (bicyclic) bond motifs is 1. The molecular weight excluding hydrogens is 376 g/mol. The first-order valence-corrected chi connectivity index (χ1v) is 10.0. The second kappa shape index (κ2) is 8.49. The molecule has 0 unspecified atom stereocenters. The van der Waals surface area contributed by atoms with Crippen molar-refractivity contribution in [3.8, 4) is 0 Å². The van der Waals surface area contributed by atoms with Crippen LogP contribution in [0.4, 0.5) is 5.69 Å². The molecule has 0 radical (unpaired) electrons. The highest BCUT2D eigenvalue weighted by Crippen LogP contribution is 2.24. The molecule has 154 valence electrons. The maximum atomic E-state index is 13.3. The molecule has 30 heavy (non-hydrogen) atoms. The van der Waals surface area contributed by atoms with Crippen LogP contribution in [-0.4, -0.2) is 24.9 Å². The van der Waals surface area contributed by atoms with Crippen LogP contribution < -0.4 is 4.90 Å². The highest BCUT2D eigenvalue weighted by molar-refractivity contribution is 5.88. The van der Waals surface area contributed by atoms with E-state index in [2.05, 4.69) is 29.2 Å². The normalized spacial score (nSPS) is 11.0. The number of hydrogen-bond acceptors (Lipinski definition) is 4. The van der Waals surface area contributed by atoms with Crippen LogP contribution in [0.2, 0.25) is 0 Å². The van der Waals surface area contributed by atoms with E-state index in [1.807, 2.05) is 56.3 Å². The molecule has 2 aromatic heterocycles. The maximum Gasteiger partial charge on any atom is 0.227 e. The Bertz CT molecular complexity index is 1130. The van der Waals surface area contributed by atoms with Gasteiger partial charge in [0.2, 0.25) is 5.91 Å². The highest BCUT2D eigenvalue weighted by Gasteiger charge is 2.19. The lowest BCUT2D eigenvalue weighted by atomic mass is 10.1. The lowest BCUT2D eigenvalue weighted by Crippen LogP contribution is -2.31. The molecular formula is C25H26N2O3. The average molecular weight is 402 g/mol. The molecule has 0 aliphatic rings. The summed E-state index contributed by atoms with van der Waals surface area (Å²) in [5.74, 6) is 0.798. The van der Waals surface area contributed by atoms with Crippen LogP contribution in [-0.2, 0) is 24.3 Å². The molecule has 0 aliphatic heterocycles. The zero-order valence-electron chi connectivity index (χ0n) is 17.6. The van der Waals surface area contributed by atoms with Gasteiger partial charge in [-0.2, -0.15) is 0 Å². The van der Waals surface area contributed by atoms with Gasteiger partial charge in [-0.25, -0.2) is 0 Å². The summed E-state index contributed by atoms with van der Waals surface area (Å²) in [7, 11) is 4.02. The van der Waals surface area contributed by atoms with E-state index in [0.717, 1.165) is 39.1 Å². The maximum absolute atomic E-state index is 13.3. The van der Waals surface area contributed by atoms with Gasteiger partial charge >= 0.3 is 0 Å². The summed E-state index contributed by atoms with van der Waals surface area (Å²) >= 11 is 0. The van der Waals surface area contributed by atoms with Crippen LogP contribution >= 0.6 is 0 Å². The first kappa shape index (κ1) is 19.8. The molecule has 0 fully saturated rings. The molecule has 2 aromatic carbocycles. The minimum absolute atomic E-state index is 0.0337. The Morgan fingerprint density at radius 3 is 2.47 bits per heavy atom. The number of rotatable bonds is 7. The van der Waals surface area contributed by atoms with Crippen molar-refractivity contribution in [1.82, 2.24) is 4.90 Å². The largest absolute Gasteiger partial charge is 0.467 e. The Morgan fingerprint density at radius 2 is 1.77 bits per heavy atom. The molecule has 0 saturated carbocycles. The zero-order valence-corrected chi connectivity index (χ0v) is 17.6. The van der Waals surface area contributed by atoms with E-state index in [0.29, 0.717) is 13.1 Å². The third kappa shape index (κ3) is 4.40. The molecule has 0 saturated heterocycles. The van der Waals surface area contributed by atoms with E-state index in [9.17, 15) is 4.79 Å². The fourth-order valence-corrected chi connectivity index (χ4v) is 3.54. The van der Waals surface area contributed by atoms with Crippen molar-refractivity contribution in [1.29, 1.82) is 0 Å². The average Bonchev–Trinajstić information content (AvgIpc) is 3.37. The van der Waals surface area contributed by atoms with Crippen molar-refractivity contribution >= 4 is 22.6 Å². The van der Waals surface area contributed by atoms with Gasteiger partial charge in [0.05, 0.1) is 25.5 Å². The minimum atomic E-state index is 0.0337. The lowest BCUT2D eigenvalue weighted by Gasteiger charge is -2.22. The number of nitrogens with zero attached hydrogens (tertiary/aromatic N) is 2. The number of carbonyl (C=O) groups is 1. The Kier molecular flexibility index (Phi) is 5.61. The van der Waals surface area contributed by atoms with Crippen molar-refractivity contribution in [2.75, 3.05) is 19.0 Å². The summed E-state index contributed by atoms with van der Waals surface area (Å²) < 4.78 is 11.2. The first-order valence-electron chi connectivity index (χ1n) is 10.0. The number of carbonyl (C=O) groups excluding carboxylic acids is 1. The molecule has 4 rings (SSSR count). The van der Waals surface area contributed by atoms with E-state index in [1.165, 1.54) is 0 Å². The second-order valence-electron chi connectivity index (χ2n) is 7.83. The predicted octanol–water partition coefficient (Wildman–Crippen LogP) is 5.17. The number of amides is 1. The Balaban J connectivity index is 1.55. The number of hydrogen-bond donors (Lipinski definition) is 0. The minimum Gasteiger partial charge on any atom is -0.467 e. The molecule has 5 nitrogen and oxygen atoms in total. The molecule has 0 atom stereocenters. The Labute approximate surface area is 176 Å². The Hall–Kier alpha value is -3.47. The van der Waals surface area contributed by atoms with E-state index in [1.54, 1.807) is 12.5 Å². The summed E-state index contributed by atoms with van der Waals surface area (Å²) in [5, 5.41) is 0.988. The van der Waals surface area contributed by atoms with Gasteiger partial charge in [-0.1, -0.05) is 24.3 Å². The molecule has 0 spiro atoms. The number of benzene rings is 2. The van der Waals surface area contributed by atoms with Crippen molar-refractivity contribution in [2.45, 2.75) is 26.4 Å². The van der Waals surface area contributed by atoms with E-state index in [4.69, 9.17) is 8.83 Å². The van der Waals surface area contributed by atoms with Gasteiger partial charge < -0.3 is 18.6 Å². The van der Waals surface area contributed by atoms with E-state index in [-0.39, 0.29) is 12.3 Å². The monoisotopic (exact) mass is 402 g/mol. The van der Waals surface area contributed by atoms with Gasteiger partial charge in [0, 0.05) is 37.3 Å². The predicted molar refractivity (Wildman–Crippen MR) is 118 cm³/mol. The van der Waals surface area contributed by atoms with Gasteiger partial charge in [-0.3, -0.25) is 4.79 Å². The summed E-state index contributed by atoms with van der Waals surface area (Å²) in [6.45, 7) is 2.97. The zero-order chi connectivity index (χ0) is 21.1. The van der Waals surface area contributed by atoms with Gasteiger partial charge in [0.25, 0.3) is 0 Å². The van der Waals surface area contributed by atoms with Crippen LogP contribution in [0.15, 0.2) is 76.0 Å². The number of furan rings is 2. The van der Waals surface area contributed by atoms with Crippen LogP contribution in [0.1, 0.15) is 22.5 Å². The third-order valence-electron chi connectivity index (χ3n) is 5.26. The van der Waals surface area contributed by atoms with Crippen molar-refractivity contribution in [3.05, 3.63) is 89.6 Å². The molecule has 2 heterocycles. The van der Waals surface area contributed by atoms with Gasteiger partial charge in [-0.05, 0) is 48.4 Å². The van der Waals surface area contributed by atoms with Gasteiger partial charge in [0.15, 0.2) is 0 Å². The van der Waals surface area contributed by atoms with Gasteiger partial charge in [-0.15, -0.1) is 0 Å². The number of anilines is 1.